The van der Waals surface area contributed by atoms with E-state index in [4.69, 9.17) is 9.98 Å². The van der Waals surface area contributed by atoms with Crippen molar-refractivity contribution in [2.45, 2.75) is 19.4 Å². The van der Waals surface area contributed by atoms with Crippen molar-refractivity contribution >= 4 is 22.9 Å². The van der Waals surface area contributed by atoms with Gasteiger partial charge in [-0.05, 0) is 25.0 Å². The summed E-state index contributed by atoms with van der Waals surface area (Å²) < 4.78 is 0. The molecule has 0 radical (unpaired) electrons. The Hall–Kier alpha value is -3.53. The highest BCUT2D eigenvalue weighted by Gasteiger charge is 2.24. The normalized spacial score (nSPS) is 15.4. The van der Waals surface area contributed by atoms with Gasteiger partial charge in [0.05, 0.1) is 18.0 Å². The number of allylic oxidation sites excluding steroid dienone is 4. The number of hydrogen-bond donors (Lipinski definition) is 1. The lowest BCUT2D eigenvalue weighted by atomic mass is 9.88. The first kappa shape index (κ1) is 16.6. The summed E-state index contributed by atoms with van der Waals surface area (Å²) in [4.78, 5) is 14.3. The Morgan fingerprint density at radius 1 is 0.786 bits per heavy atom. The Balaban J connectivity index is 1.56. The number of para-hydroxylation sites is 1. The van der Waals surface area contributed by atoms with Crippen LogP contribution in [0.4, 0.5) is 11.6 Å². The fraction of sp³-hybridized carbons (Fsp3) is 0.125. The molecule has 0 amide bonds. The molecule has 4 nitrogen and oxygen atoms in total. The highest BCUT2D eigenvalue weighted by atomic mass is 15.1. The van der Waals surface area contributed by atoms with E-state index in [2.05, 4.69) is 46.7 Å². The van der Waals surface area contributed by atoms with Gasteiger partial charge in [0.15, 0.2) is 0 Å². The zero-order valence-electron chi connectivity index (χ0n) is 15.5. The maximum atomic E-state index is 4.94. The van der Waals surface area contributed by atoms with Crippen molar-refractivity contribution < 1.29 is 0 Å². The van der Waals surface area contributed by atoms with Crippen molar-refractivity contribution in [2.75, 3.05) is 5.32 Å². The molecule has 0 bridgehead atoms. The van der Waals surface area contributed by atoms with Crippen LogP contribution in [-0.2, 0) is 6.54 Å². The van der Waals surface area contributed by atoms with Gasteiger partial charge in [0, 0.05) is 34.2 Å². The minimum absolute atomic E-state index is 0.583. The van der Waals surface area contributed by atoms with Crippen molar-refractivity contribution in [1.29, 1.82) is 0 Å². The second-order valence-electron chi connectivity index (χ2n) is 6.90. The summed E-state index contributed by atoms with van der Waals surface area (Å²) >= 11 is 0. The van der Waals surface area contributed by atoms with Crippen molar-refractivity contribution in [2.24, 2.45) is 4.99 Å². The van der Waals surface area contributed by atoms with Gasteiger partial charge in [-0.2, -0.15) is 0 Å². The molecule has 3 aromatic rings. The third kappa shape index (κ3) is 3.14. The largest absolute Gasteiger partial charge is 0.324 e. The summed E-state index contributed by atoms with van der Waals surface area (Å²) in [7, 11) is 0. The Morgan fingerprint density at radius 2 is 1.50 bits per heavy atom. The number of aliphatic imine (C=N–C) groups is 1. The number of nitrogens with zero attached hydrogens (tertiary/aromatic N) is 3. The molecule has 2 aromatic carbocycles. The van der Waals surface area contributed by atoms with E-state index in [0.717, 1.165) is 41.1 Å². The highest BCUT2D eigenvalue weighted by molar-refractivity contribution is 6.22. The van der Waals surface area contributed by atoms with Crippen molar-refractivity contribution in [3.05, 3.63) is 101 Å². The van der Waals surface area contributed by atoms with Crippen LogP contribution in [0, 0.1) is 0 Å². The topological polar surface area (TPSA) is 50.2 Å². The molecule has 0 saturated heterocycles. The fourth-order valence-corrected chi connectivity index (χ4v) is 3.68. The lowest BCUT2D eigenvalue weighted by Gasteiger charge is -2.17. The number of aromatic nitrogens is 2. The smallest absolute Gasteiger partial charge is 0.227 e. The molecule has 1 aromatic heterocycles. The van der Waals surface area contributed by atoms with Crippen LogP contribution in [0.1, 0.15) is 29.7 Å². The molecule has 1 N–H and O–H groups in total. The van der Waals surface area contributed by atoms with Crippen molar-refractivity contribution in [3.63, 3.8) is 0 Å². The third-order valence-electron chi connectivity index (χ3n) is 5.01. The SMILES string of the molecule is C1=C2C(=CCC1)c1nc(Nc3ccccc3)ncc1CN=C2c1ccccc1. The Morgan fingerprint density at radius 3 is 2.29 bits per heavy atom. The molecule has 0 saturated carbocycles. The van der Waals surface area contributed by atoms with Crippen LogP contribution in [0.3, 0.4) is 0 Å². The molecule has 4 heteroatoms. The summed E-state index contributed by atoms with van der Waals surface area (Å²) in [5.41, 5.74) is 7.55. The minimum Gasteiger partial charge on any atom is -0.324 e. The summed E-state index contributed by atoms with van der Waals surface area (Å²) in [6.45, 7) is 0.583. The first-order valence-corrected chi connectivity index (χ1v) is 9.58. The zero-order chi connectivity index (χ0) is 18.8. The predicted octanol–water partition coefficient (Wildman–Crippen LogP) is 5.33. The van der Waals surface area contributed by atoms with Crippen LogP contribution in [0.2, 0.25) is 0 Å². The first-order chi connectivity index (χ1) is 13.9. The molecule has 0 spiro atoms. The number of rotatable bonds is 3. The van der Waals surface area contributed by atoms with E-state index in [9.17, 15) is 0 Å². The lowest BCUT2D eigenvalue weighted by Crippen LogP contribution is -2.09. The first-order valence-electron chi connectivity index (χ1n) is 9.58. The van der Waals surface area contributed by atoms with Gasteiger partial charge in [0.25, 0.3) is 0 Å². The van der Waals surface area contributed by atoms with E-state index < -0.39 is 0 Å². The van der Waals surface area contributed by atoms with Crippen LogP contribution >= 0.6 is 0 Å². The molecule has 0 unspecified atom stereocenters. The monoisotopic (exact) mass is 364 g/mol. The standard InChI is InChI=1S/C24H20N4/c1-3-9-17(10-4-1)22-20-13-7-8-14-21(20)23-18(15-25-22)16-26-24(28-23)27-19-11-5-2-6-12-19/h1-6,9-14,16H,7-8,15H2,(H,26,27,28). The Bertz CT molecular complexity index is 1100. The van der Waals surface area contributed by atoms with Crippen LogP contribution in [-0.4, -0.2) is 15.7 Å². The molecular weight excluding hydrogens is 344 g/mol. The molecule has 28 heavy (non-hydrogen) atoms. The quantitative estimate of drug-likeness (QED) is 0.684. The molecule has 2 aliphatic rings. The molecule has 136 valence electrons. The molecule has 5 rings (SSSR count). The van der Waals surface area contributed by atoms with Gasteiger partial charge >= 0.3 is 0 Å². The molecule has 0 atom stereocenters. The highest BCUT2D eigenvalue weighted by Crippen LogP contribution is 2.35. The molecule has 1 aliphatic carbocycles. The van der Waals surface area contributed by atoms with Gasteiger partial charge in [0.2, 0.25) is 5.95 Å². The zero-order valence-corrected chi connectivity index (χ0v) is 15.5. The van der Waals surface area contributed by atoms with Gasteiger partial charge in [0.1, 0.15) is 0 Å². The van der Waals surface area contributed by atoms with Crippen LogP contribution in [0.25, 0.3) is 5.57 Å². The Labute approximate surface area is 164 Å². The minimum atomic E-state index is 0.583. The summed E-state index contributed by atoms with van der Waals surface area (Å²) in [6.07, 6.45) is 8.53. The average molecular weight is 364 g/mol. The van der Waals surface area contributed by atoms with Crippen LogP contribution in [0.15, 0.2) is 89.6 Å². The van der Waals surface area contributed by atoms with Crippen LogP contribution in [0.5, 0.6) is 0 Å². The van der Waals surface area contributed by atoms with E-state index in [1.54, 1.807) is 0 Å². The van der Waals surface area contributed by atoms with Gasteiger partial charge < -0.3 is 5.32 Å². The van der Waals surface area contributed by atoms with E-state index >= 15 is 0 Å². The summed E-state index contributed by atoms with van der Waals surface area (Å²) in [5.74, 6) is 0.610. The van der Waals surface area contributed by atoms with E-state index in [1.807, 2.05) is 42.6 Å². The van der Waals surface area contributed by atoms with Crippen LogP contribution < -0.4 is 5.32 Å². The second-order valence-corrected chi connectivity index (χ2v) is 6.90. The van der Waals surface area contributed by atoms with E-state index in [1.165, 1.54) is 11.1 Å². The Kier molecular flexibility index (Phi) is 4.30. The van der Waals surface area contributed by atoms with Gasteiger partial charge in [-0.25, -0.2) is 9.97 Å². The van der Waals surface area contributed by atoms with Gasteiger partial charge in [-0.1, -0.05) is 60.7 Å². The lowest BCUT2D eigenvalue weighted by molar-refractivity contribution is 0.999. The summed E-state index contributed by atoms with van der Waals surface area (Å²) in [5, 5.41) is 3.31. The molecule has 0 fully saturated rings. The van der Waals surface area contributed by atoms with E-state index in [0.29, 0.717) is 12.5 Å². The fourth-order valence-electron chi connectivity index (χ4n) is 3.68. The summed E-state index contributed by atoms with van der Waals surface area (Å²) in [6, 6.07) is 20.4. The van der Waals surface area contributed by atoms with Crippen molar-refractivity contribution in [3.8, 4) is 0 Å². The second kappa shape index (κ2) is 7.24. The molecule has 1 aliphatic heterocycles. The number of fused-ring (bicyclic) bond motifs is 3. The van der Waals surface area contributed by atoms with Gasteiger partial charge in [-0.15, -0.1) is 0 Å². The number of nitrogens with one attached hydrogen (secondary N) is 1. The molecule has 2 heterocycles. The number of benzene rings is 2. The number of hydrogen-bond acceptors (Lipinski definition) is 4. The van der Waals surface area contributed by atoms with Gasteiger partial charge in [-0.3, -0.25) is 4.99 Å². The van der Waals surface area contributed by atoms with E-state index in [-0.39, 0.29) is 0 Å². The number of anilines is 2. The predicted molar refractivity (Wildman–Crippen MR) is 114 cm³/mol. The van der Waals surface area contributed by atoms with Crippen molar-refractivity contribution in [1.82, 2.24) is 9.97 Å². The molecular formula is C24H20N4. The maximum absolute atomic E-state index is 4.94. The maximum Gasteiger partial charge on any atom is 0.227 e. The third-order valence-corrected chi connectivity index (χ3v) is 5.01. The average Bonchev–Trinajstić information content (AvgIpc) is 2.92.